The second-order valence-corrected chi connectivity index (χ2v) is 11.4. The van der Waals surface area contributed by atoms with E-state index in [4.69, 9.17) is 11.6 Å². The van der Waals surface area contributed by atoms with E-state index in [0.29, 0.717) is 17.1 Å². The number of hydrazine groups is 1. The second-order valence-electron chi connectivity index (χ2n) is 8.22. The number of carbonyl (C=O) groups excluding carboxylic acids is 2. The zero-order valence-corrected chi connectivity index (χ0v) is 21.9. The number of halogens is 1. The van der Waals surface area contributed by atoms with Gasteiger partial charge in [-0.1, -0.05) is 23.7 Å². The van der Waals surface area contributed by atoms with Gasteiger partial charge in [0.15, 0.2) is 0 Å². The molecular weight excluding hydrogens is 546 g/mol. The number of thiazole rings is 1. The molecule has 0 fully saturated rings. The van der Waals surface area contributed by atoms with Crippen molar-refractivity contribution in [3.05, 3.63) is 106 Å². The number of hydrogen-bond acceptors (Lipinski definition) is 7. The van der Waals surface area contributed by atoms with Crippen molar-refractivity contribution in [2.24, 2.45) is 0 Å². The maximum atomic E-state index is 13.5. The molecule has 1 aromatic heterocycles. The summed E-state index contributed by atoms with van der Waals surface area (Å²) in [6, 6.07) is 18.7. The molecule has 0 aliphatic carbocycles. The van der Waals surface area contributed by atoms with Gasteiger partial charge in [-0.2, -0.15) is 10.3 Å². The van der Waals surface area contributed by atoms with E-state index in [1.165, 1.54) is 46.9 Å². The number of benzene rings is 3. The molecule has 0 bridgehead atoms. The Morgan fingerprint density at radius 2 is 1.87 bits per heavy atom. The fourth-order valence-corrected chi connectivity index (χ4v) is 6.39. The van der Waals surface area contributed by atoms with Crippen LogP contribution in [-0.2, 0) is 16.4 Å². The molecule has 190 valence electrons. The molecule has 1 N–H and O–H groups in total. The van der Waals surface area contributed by atoms with Gasteiger partial charge in [-0.05, 0) is 66.6 Å². The summed E-state index contributed by atoms with van der Waals surface area (Å²) in [5.74, 6) is -1.32. The summed E-state index contributed by atoms with van der Waals surface area (Å²) in [4.78, 5) is 30.6. The lowest BCUT2D eigenvalue weighted by atomic mass is 10.1. The first kappa shape index (κ1) is 25.4. The van der Waals surface area contributed by atoms with Crippen molar-refractivity contribution in [2.45, 2.75) is 11.3 Å². The molecule has 0 saturated carbocycles. The number of carbonyl (C=O) groups is 2. The van der Waals surface area contributed by atoms with E-state index >= 15 is 0 Å². The molecule has 5 rings (SSSR count). The molecule has 1 aliphatic heterocycles. The summed E-state index contributed by atoms with van der Waals surface area (Å²) >= 11 is 7.18. The number of anilines is 2. The van der Waals surface area contributed by atoms with Crippen LogP contribution in [0.5, 0.6) is 0 Å². The molecule has 2 amide bonds. The third-order valence-corrected chi connectivity index (χ3v) is 8.65. The summed E-state index contributed by atoms with van der Waals surface area (Å²) < 4.78 is 28.3. The van der Waals surface area contributed by atoms with Crippen LogP contribution in [0.2, 0.25) is 5.02 Å². The number of aromatic nitrogens is 1. The van der Waals surface area contributed by atoms with Crippen LogP contribution in [0.3, 0.4) is 0 Å². The third kappa shape index (κ3) is 4.84. The van der Waals surface area contributed by atoms with Crippen molar-refractivity contribution in [1.82, 2.24) is 10.4 Å². The Morgan fingerprint density at radius 3 is 2.63 bits per heavy atom. The van der Waals surface area contributed by atoms with Gasteiger partial charge in [-0.15, -0.1) is 11.3 Å². The molecule has 0 spiro atoms. The molecule has 4 aromatic rings. The molecule has 38 heavy (non-hydrogen) atoms. The van der Waals surface area contributed by atoms with Gasteiger partial charge in [0, 0.05) is 34.3 Å². The van der Waals surface area contributed by atoms with Crippen LogP contribution >= 0.6 is 22.9 Å². The first-order valence-corrected chi connectivity index (χ1v) is 13.9. The van der Waals surface area contributed by atoms with Gasteiger partial charge in [0.05, 0.1) is 22.2 Å². The summed E-state index contributed by atoms with van der Waals surface area (Å²) in [7, 11) is -3.97. The minimum Gasteiger partial charge on any atom is -0.267 e. The van der Waals surface area contributed by atoms with Gasteiger partial charge < -0.3 is 0 Å². The van der Waals surface area contributed by atoms with E-state index in [9.17, 15) is 23.3 Å². The molecule has 0 atom stereocenters. The summed E-state index contributed by atoms with van der Waals surface area (Å²) in [6.45, 7) is 0.253. The Hall–Kier alpha value is -4.24. The van der Waals surface area contributed by atoms with E-state index in [0.717, 1.165) is 21.9 Å². The van der Waals surface area contributed by atoms with Crippen LogP contribution in [0.4, 0.5) is 10.8 Å². The predicted molar refractivity (Wildman–Crippen MR) is 144 cm³/mol. The molecule has 0 saturated heterocycles. The second kappa shape index (κ2) is 10.3. The summed E-state index contributed by atoms with van der Waals surface area (Å²) in [6.07, 6.45) is 2.00. The minimum absolute atomic E-state index is 0.0294. The average Bonchev–Trinajstić information content (AvgIpc) is 3.62. The predicted octanol–water partition coefficient (Wildman–Crippen LogP) is 4.41. The van der Waals surface area contributed by atoms with E-state index in [1.54, 1.807) is 35.7 Å². The van der Waals surface area contributed by atoms with Crippen molar-refractivity contribution in [3.8, 4) is 6.07 Å². The quantitative estimate of drug-likeness (QED) is 0.359. The Labute approximate surface area is 227 Å². The maximum absolute atomic E-state index is 13.5. The van der Waals surface area contributed by atoms with Crippen LogP contribution in [0.15, 0.2) is 83.2 Å². The van der Waals surface area contributed by atoms with Crippen molar-refractivity contribution in [3.63, 3.8) is 0 Å². The van der Waals surface area contributed by atoms with Gasteiger partial charge in [-0.3, -0.25) is 19.3 Å². The van der Waals surface area contributed by atoms with Crippen LogP contribution in [-0.4, -0.2) is 31.8 Å². The Kier molecular flexibility index (Phi) is 6.86. The van der Waals surface area contributed by atoms with Crippen LogP contribution in [0, 0.1) is 11.3 Å². The van der Waals surface area contributed by atoms with Gasteiger partial charge in [0.25, 0.3) is 21.8 Å². The van der Waals surface area contributed by atoms with Crippen LogP contribution < -0.4 is 14.7 Å². The first-order chi connectivity index (χ1) is 18.3. The number of nitrogens with zero attached hydrogens (tertiary/aromatic N) is 4. The summed E-state index contributed by atoms with van der Waals surface area (Å²) in [5, 5.41) is 12.5. The van der Waals surface area contributed by atoms with Crippen molar-refractivity contribution < 1.29 is 18.0 Å². The van der Waals surface area contributed by atoms with E-state index < -0.39 is 21.8 Å². The summed E-state index contributed by atoms with van der Waals surface area (Å²) in [5.41, 5.74) is 4.38. The van der Waals surface area contributed by atoms with Gasteiger partial charge in [0.2, 0.25) is 5.13 Å². The number of fused-ring (bicyclic) bond motifs is 1. The smallest absolute Gasteiger partial charge is 0.267 e. The Bertz CT molecular complexity index is 1700. The molecule has 1 aliphatic rings. The lowest BCUT2D eigenvalue weighted by Crippen LogP contribution is -2.46. The van der Waals surface area contributed by atoms with Gasteiger partial charge in [-0.25, -0.2) is 13.4 Å². The van der Waals surface area contributed by atoms with Crippen LogP contribution in [0.1, 0.15) is 31.8 Å². The number of sulfonamides is 1. The number of rotatable bonds is 5. The Balaban J connectivity index is 1.43. The molecular formula is C26H18ClN5O4S2. The monoisotopic (exact) mass is 563 g/mol. The largest absolute Gasteiger partial charge is 0.279 e. The normalized spacial score (nSPS) is 12.5. The highest BCUT2D eigenvalue weighted by Crippen LogP contribution is 2.34. The van der Waals surface area contributed by atoms with Crippen LogP contribution in [0.25, 0.3) is 0 Å². The van der Waals surface area contributed by atoms with Crippen molar-refractivity contribution >= 4 is 55.6 Å². The van der Waals surface area contributed by atoms with E-state index in [1.807, 2.05) is 6.07 Å². The number of amides is 2. The molecule has 12 heteroatoms. The molecule has 3 aromatic carbocycles. The van der Waals surface area contributed by atoms with E-state index in [2.05, 4.69) is 10.4 Å². The zero-order chi connectivity index (χ0) is 26.9. The zero-order valence-electron chi connectivity index (χ0n) is 19.5. The Morgan fingerprint density at radius 1 is 1.08 bits per heavy atom. The molecule has 9 nitrogen and oxygen atoms in total. The number of nitriles is 1. The fourth-order valence-electron chi connectivity index (χ4n) is 4.04. The van der Waals surface area contributed by atoms with Gasteiger partial charge >= 0.3 is 0 Å². The fraction of sp³-hybridized carbons (Fsp3) is 0.0769. The minimum atomic E-state index is -3.97. The molecule has 0 unspecified atom stereocenters. The van der Waals surface area contributed by atoms with E-state index in [-0.39, 0.29) is 33.3 Å². The van der Waals surface area contributed by atoms with Crippen molar-refractivity contribution in [2.75, 3.05) is 15.9 Å². The maximum Gasteiger partial charge on any atom is 0.279 e. The highest BCUT2D eigenvalue weighted by molar-refractivity contribution is 7.92. The lowest BCUT2D eigenvalue weighted by molar-refractivity contribution is 0.0887. The number of nitrogens with one attached hydrogen (secondary N) is 1. The highest BCUT2D eigenvalue weighted by atomic mass is 35.5. The van der Waals surface area contributed by atoms with Gasteiger partial charge in [0.1, 0.15) is 0 Å². The molecule has 2 heterocycles. The topological polar surface area (TPSA) is 123 Å². The lowest BCUT2D eigenvalue weighted by Gasteiger charge is -2.22. The SMILES string of the molecule is N#Cc1cccc(C(=O)N(NC(=O)c2cccc(S(=O)(=O)N3CCc4cc(Cl)ccc43)c2)c2nccs2)c1. The standard InChI is InChI=1S/C26H18ClN5O4S2/c27-21-7-8-23-18(14-21)9-11-31(23)38(35,36)22-6-2-4-19(15-22)24(33)30-32(26-29-10-12-37-26)25(34)20-5-1-3-17(13-20)16-28/h1-8,10,12-15H,9,11H2,(H,30,33). The average molecular weight is 564 g/mol. The highest BCUT2D eigenvalue weighted by Gasteiger charge is 2.32. The number of hydrogen-bond donors (Lipinski definition) is 1. The van der Waals surface area contributed by atoms with Crippen molar-refractivity contribution in [1.29, 1.82) is 5.26 Å². The molecule has 0 radical (unpaired) electrons. The first-order valence-electron chi connectivity index (χ1n) is 11.2. The third-order valence-electron chi connectivity index (χ3n) is 5.84.